The van der Waals surface area contributed by atoms with Crippen molar-refractivity contribution in [2.45, 2.75) is 44.5 Å². The normalized spacial score (nSPS) is 13.3. The van der Waals surface area contributed by atoms with Gasteiger partial charge in [0.1, 0.15) is 18.5 Å². The fraction of sp³-hybridized carbons (Fsp3) is 0.611. The van der Waals surface area contributed by atoms with Gasteiger partial charge in [-0.1, -0.05) is 13.8 Å². The first kappa shape index (κ1) is 19.8. The summed E-state index contributed by atoms with van der Waals surface area (Å²) in [5.74, 6) is 1.89. The highest BCUT2D eigenvalue weighted by Gasteiger charge is 2.08. The summed E-state index contributed by atoms with van der Waals surface area (Å²) >= 11 is 2.04. The van der Waals surface area contributed by atoms with E-state index in [1.807, 2.05) is 11.8 Å². The molecule has 128 valence electrons. The quantitative estimate of drug-likeness (QED) is 0.574. The van der Waals surface area contributed by atoms with E-state index in [-0.39, 0.29) is 6.61 Å². The van der Waals surface area contributed by atoms with Gasteiger partial charge in [0.15, 0.2) is 0 Å². The number of aliphatic hydroxyl groups excluding tert-OH is 1. The SMILES string of the molecule is CCCSC(CC)CCNC[C@@H](O)COc1ccc(C#N)cc1. The number of ether oxygens (including phenoxy) is 1. The van der Waals surface area contributed by atoms with Crippen molar-refractivity contribution in [1.29, 1.82) is 5.26 Å². The van der Waals surface area contributed by atoms with Gasteiger partial charge in [0.05, 0.1) is 11.6 Å². The van der Waals surface area contributed by atoms with Crippen molar-refractivity contribution in [1.82, 2.24) is 5.32 Å². The molecule has 0 radical (unpaired) electrons. The number of nitriles is 1. The largest absolute Gasteiger partial charge is 0.491 e. The van der Waals surface area contributed by atoms with Gasteiger partial charge in [-0.15, -0.1) is 0 Å². The highest BCUT2D eigenvalue weighted by Crippen LogP contribution is 2.18. The Balaban J connectivity index is 2.14. The molecule has 0 spiro atoms. The minimum Gasteiger partial charge on any atom is -0.491 e. The Kier molecular flexibility index (Phi) is 10.5. The average Bonchev–Trinajstić information content (AvgIpc) is 2.59. The molecule has 0 aromatic heterocycles. The van der Waals surface area contributed by atoms with Gasteiger partial charge in [0.25, 0.3) is 0 Å². The molecule has 4 nitrogen and oxygen atoms in total. The number of rotatable bonds is 12. The first-order valence-corrected chi connectivity index (χ1v) is 9.37. The third kappa shape index (κ3) is 8.85. The summed E-state index contributed by atoms with van der Waals surface area (Å²) in [6.07, 6.45) is 3.01. The van der Waals surface area contributed by atoms with Crippen LogP contribution < -0.4 is 10.1 Å². The van der Waals surface area contributed by atoms with Gasteiger partial charge in [-0.2, -0.15) is 17.0 Å². The first-order valence-electron chi connectivity index (χ1n) is 8.32. The number of hydrogen-bond donors (Lipinski definition) is 2. The highest BCUT2D eigenvalue weighted by atomic mass is 32.2. The minimum atomic E-state index is -0.533. The van der Waals surface area contributed by atoms with Crippen LogP contribution in [0.1, 0.15) is 38.7 Å². The maximum Gasteiger partial charge on any atom is 0.119 e. The molecule has 1 rings (SSSR count). The predicted octanol–water partition coefficient (Wildman–Crippen LogP) is 3.20. The van der Waals surface area contributed by atoms with E-state index in [0.29, 0.717) is 23.1 Å². The lowest BCUT2D eigenvalue weighted by Gasteiger charge is -2.16. The molecule has 0 saturated heterocycles. The summed E-state index contributed by atoms with van der Waals surface area (Å²) in [6, 6.07) is 8.97. The van der Waals surface area contributed by atoms with Gasteiger partial charge in [-0.05, 0) is 55.8 Å². The molecular formula is C18H28N2O2S. The molecule has 0 aliphatic heterocycles. The van der Waals surface area contributed by atoms with Crippen LogP contribution in [0.15, 0.2) is 24.3 Å². The van der Waals surface area contributed by atoms with Gasteiger partial charge in [0.2, 0.25) is 0 Å². The van der Waals surface area contributed by atoms with Crippen molar-refractivity contribution in [3.63, 3.8) is 0 Å². The van der Waals surface area contributed by atoms with Gasteiger partial charge in [0, 0.05) is 11.8 Å². The average molecular weight is 337 g/mol. The van der Waals surface area contributed by atoms with Gasteiger partial charge >= 0.3 is 0 Å². The third-order valence-corrected chi connectivity index (χ3v) is 5.15. The van der Waals surface area contributed by atoms with Crippen LogP contribution in [0.4, 0.5) is 0 Å². The minimum absolute atomic E-state index is 0.251. The van der Waals surface area contributed by atoms with Gasteiger partial charge in [-0.3, -0.25) is 0 Å². The molecule has 1 aromatic carbocycles. The lowest BCUT2D eigenvalue weighted by molar-refractivity contribution is 0.106. The van der Waals surface area contributed by atoms with Crippen LogP contribution in [0.25, 0.3) is 0 Å². The van der Waals surface area contributed by atoms with E-state index >= 15 is 0 Å². The topological polar surface area (TPSA) is 65.3 Å². The lowest BCUT2D eigenvalue weighted by atomic mass is 10.2. The van der Waals surface area contributed by atoms with E-state index in [2.05, 4.69) is 25.2 Å². The van der Waals surface area contributed by atoms with Crippen LogP contribution >= 0.6 is 11.8 Å². The highest BCUT2D eigenvalue weighted by molar-refractivity contribution is 7.99. The molecular weight excluding hydrogens is 308 g/mol. The standard InChI is InChI=1S/C18H28N2O2S/c1-3-11-23-18(4-2)9-10-20-13-16(21)14-22-17-7-5-15(12-19)6-8-17/h5-8,16,18,20-21H,3-4,9-11,13-14H2,1-2H3/t16-,18?/m1/s1. The Morgan fingerprint density at radius 3 is 2.65 bits per heavy atom. The summed E-state index contributed by atoms with van der Waals surface area (Å²) < 4.78 is 5.52. The molecule has 0 fully saturated rings. The Morgan fingerprint density at radius 1 is 1.30 bits per heavy atom. The summed E-state index contributed by atoms with van der Waals surface area (Å²) in [4.78, 5) is 0. The van der Waals surface area contributed by atoms with E-state index in [9.17, 15) is 5.11 Å². The first-order chi connectivity index (χ1) is 11.2. The van der Waals surface area contributed by atoms with Crippen molar-refractivity contribution in [2.24, 2.45) is 0 Å². The van der Waals surface area contributed by atoms with E-state index < -0.39 is 6.10 Å². The van der Waals surface area contributed by atoms with Crippen LogP contribution in [-0.4, -0.2) is 41.9 Å². The number of nitrogens with zero attached hydrogens (tertiary/aromatic N) is 1. The van der Waals surface area contributed by atoms with Crippen LogP contribution in [0.2, 0.25) is 0 Å². The summed E-state index contributed by atoms with van der Waals surface area (Å²) in [7, 11) is 0. The zero-order valence-corrected chi connectivity index (χ0v) is 14.9. The fourth-order valence-electron chi connectivity index (χ4n) is 2.10. The molecule has 1 aromatic rings. The summed E-state index contributed by atoms with van der Waals surface area (Å²) in [5.41, 5.74) is 0.603. The molecule has 0 aliphatic rings. The Hall–Kier alpha value is -1.22. The number of hydrogen-bond acceptors (Lipinski definition) is 5. The molecule has 2 N–H and O–H groups in total. The van der Waals surface area contributed by atoms with Crippen molar-refractivity contribution in [3.8, 4) is 11.8 Å². The fourth-order valence-corrected chi connectivity index (χ4v) is 3.19. The van der Waals surface area contributed by atoms with E-state index in [1.165, 1.54) is 18.6 Å². The molecule has 2 atom stereocenters. The molecule has 23 heavy (non-hydrogen) atoms. The van der Waals surface area contributed by atoms with E-state index in [1.54, 1.807) is 24.3 Å². The van der Waals surface area contributed by atoms with Crippen LogP contribution in [0, 0.1) is 11.3 Å². The van der Waals surface area contributed by atoms with Crippen molar-refractivity contribution >= 4 is 11.8 Å². The van der Waals surface area contributed by atoms with Crippen LogP contribution in [-0.2, 0) is 0 Å². The number of aliphatic hydroxyl groups is 1. The summed E-state index contributed by atoms with van der Waals surface area (Å²) in [5, 5.41) is 22.7. The summed E-state index contributed by atoms with van der Waals surface area (Å²) in [6.45, 7) is 6.14. The second-order valence-corrected chi connectivity index (χ2v) is 6.90. The van der Waals surface area contributed by atoms with E-state index in [0.717, 1.165) is 13.0 Å². The second-order valence-electron chi connectivity index (χ2n) is 5.49. The zero-order valence-electron chi connectivity index (χ0n) is 14.1. The maximum atomic E-state index is 9.93. The van der Waals surface area contributed by atoms with Crippen LogP contribution in [0.5, 0.6) is 5.75 Å². The lowest BCUT2D eigenvalue weighted by Crippen LogP contribution is -2.32. The van der Waals surface area contributed by atoms with Gasteiger partial charge in [-0.25, -0.2) is 0 Å². The smallest absolute Gasteiger partial charge is 0.119 e. The van der Waals surface area contributed by atoms with Crippen molar-refractivity contribution in [2.75, 3.05) is 25.4 Å². The van der Waals surface area contributed by atoms with Gasteiger partial charge < -0.3 is 15.2 Å². The number of nitrogens with one attached hydrogen (secondary N) is 1. The molecule has 0 heterocycles. The molecule has 5 heteroatoms. The second kappa shape index (κ2) is 12.2. The Bertz CT molecular complexity index is 459. The Labute approximate surface area is 144 Å². The van der Waals surface area contributed by atoms with Crippen molar-refractivity contribution in [3.05, 3.63) is 29.8 Å². The monoisotopic (exact) mass is 336 g/mol. The Morgan fingerprint density at radius 2 is 2.04 bits per heavy atom. The zero-order chi connectivity index (χ0) is 16.9. The molecule has 0 amide bonds. The molecule has 0 aliphatic carbocycles. The van der Waals surface area contributed by atoms with Crippen LogP contribution in [0.3, 0.4) is 0 Å². The number of thioether (sulfide) groups is 1. The molecule has 1 unspecified atom stereocenters. The maximum absolute atomic E-state index is 9.93. The molecule has 0 saturated carbocycles. The predicted molar refractivity (Wildman–Crippen MR) is 97.0 cm³/mol. The third-order valence-electron chi connectivity index (χ3n) is 3.46. The van der Waals surface area contributed by atoms with E-state index in [4.69, 9.17) is 10.00 Å². The molecule has 0 bridgehead atoms. The van der Waals surface area contributed by atoms with Crippen molar-refractivity contribution < 1.29 is 9.84 Å². The number of benzene rings is 1.